The maximum atomic E-state index is 7.46. The first-order valence-electron chi connectivity index (χ1n) is 21.7. The monoisotopic (exact) mass is 857 g/mol. The molecule has 0 aliphatic rings. The van der Waals surface area contributed by atoms with E-state index in [1.54, 1.807) is 0 Å². The Morgan fingerprint density at radius 2 is 0.766 bits per heavy atom. The summed E-state index contributed by atoms with van der Waals surface area (Å²) in [5.41, 5.74) is 6.22. The summed E-state index contributed by atoms with van der Waals surface area (Å²) in [6.07, 6.45) is 0. The van der Waals surface area contributed by atoms with Gasteiger partial charge in [0.15, 0.2) is 0 Å². The summed E-state index contributed by atoms with van der Waals surface area (Å²) in [4.78, 5) is 0. The minimum atomic E-state index is -1.82. The second kappa shape index (κ2) is 16.4. The lowest BCUT2D eigenvalue weighted by Crippen LogP contribution is -2.23. The molecule has 0 spiro atoms. The third-order valence-electron chi connectivity index (χ3n) is 12.4. The highest BCUT2D eigenvalue weighted by Gasteiger charge is 2.28. The van der Waals surface area contributed by atoms with E-state index < -0.39 is 16.1 Å². The first-order chi connectivity index (χ1) is 31.8. The van der Waals surface area contributed by atoms with Gasteiger partial charge in [0.05, 0.1) is 12.2 Å². The van der Waals surface area contributed by atoms with Crippen LogP contribution in [0.25, 0.3) is 76.2 Å². The fraction of sp³-hybridized carbons (Fsp3) is 0.0169. The minimum absolute atomic E-state index is 0.552. The number of hydrogen-bond donors (Lipinski definition) is 0. The molecular formula is C59H41NO2P2. The highest BCUT2D eigenvalue weighted by Crippen LogP contribution is 2.51. The van der Waals surface area contributed by atoms with Crippen molar-refractivity contribution in [2.75, 3.05) is 4.67 Å². The molecule has 0 atom stereocenters. The molecule has 0 unspecified atom stereocenters. The molecule has 304 valence electrons. The summed E-state index contributed by atoms with van der Waals surface area (Å²) in [6.45, 7) is 0.552. The van der Waals surface area contributed by atoms with Crippen molar-refractivity contribution in [1.29, 1.82) is 0 Å². The Balaban J connectivity index is 1.23. The van der Waals surface area contributed by atoms with E-state index in [1.165, 1.54) is 43.0 Å². The number of hydrogen-bond acceptors (Lipinski definition) is 3. The lowest BCUT2D eigenvalue weighted by molar-refractivity contribution is 0.632. The van der Waals surface area contributed by atoms with Crippen molar-refractivity contribution in [3.63, 3.8) is 0 Å². The summed E-state index contributed by atoms with van der Waals surface area (Å²) in [5, 5.41) is 15.3. The van der Waals surface area contributed by atoms with Crippen LogP contribution < -0.4 is 20.6 Å². The van der Waals surface area contributed by atoms with Gasteiger partial charge in [0.2, 0.25) is 0 Å². The SMILES string of the molecule is c1ccc(CN(c2ccc3ccccc3c2-c2c(P(c3ccccc3)c3ccccc3)ccc3ccccc23)p2oc3ccc4ccccc4c3c3c(ccc4ccccc43)o2)cc1. The highest BCUT2D eigenvalue weighted by atomic mass is 31.1. The Bertz CT molecular complexity index is 3580. The van der Waals surface area contributed by atoms with Gasteiger partial charge >= 0.3 is 8.16 Å². The molecule has 0 radical (unpaired) electrons. The highest BCUT2D eigenvalue weighted by molar-refractivity contribution is 7.80. The van der Waals surface area contributed by atoms with Crippen LogP contribution in [0, 0.1) is 0 Å². The molecule has 12 rings (SSSR count). The number of benzene rings is 11. The van der Waals surface area contributed by atoms with Crippen LogP contribution in [0.15, 0.2) is 245 Å². The number of fused-ring (bicyclic) bond motifs is 9. The van der Waals surface area contributed by atoms with Crippen LogP contribution in [0.5, 0.6) is 0 Å². The molecule has 12 aromatic rings. The summed E-state index contributed by atoms with van der Waals surface area (Å²) in [6, 6.07) is 85.7. The fourth-order valence-corrected chi connectivity index (χ4v) is 13.4. The van der Waals surface area contributed by atoms with Gasteiger partial charge in [-0.2, -0.15) is 0 Å². The maximum Gasteiger partial charge on any atom is 0.342 e. The summed E-state index contributed by atoms with van der Waals surface area (Å²) < 4.78 is 17.3. The van der Waals surface area contributed by atoms with Gasteiger partial charge in [-0.15, -0.1) is 0 Å². The predicted molar refractivity (Wildman–Crippen MR) is 275 cm³/mol. The van der Waals surface area contributed by atoms with Crippen molar-refractivity contribution in [1.82, 2.24) is 0 Å². The van der Waals surface area contributed by atoms with Crippen LogP contribution in [-0.4, -0.2) is 0 Å². The van der Waals surface area contributed by atoms with E-state index in [1.807, 2.05) is 0 Å². The van der Waals surface area contributed by atoms with Gasteiger partial charge in [0.1, 0.15) is 11.2 Å². The van der Waals surface area contributed by atoms with Crippen molar-refractivity contribution < 1.29 is 8.39 Å². The van der Waals surface area contributed by atoms with Gasteiger partial charge in [-0.25, -0.2) is 0 Å². The molecular weight excluding hydrogens is 817 g/mol. The summed E-state index contributed by atoms with van der Waals surface area (Å²) >= 11 is 0. The molecule has 1 heterocycles. The van der Waals surface area contributed by atoms with E-state index in [9.17, 15) is 0 Å². The Kier molecular flexibility index (Phi) is 9.79. The van der Waals surface area contributed by atoms with Gasteiger partial charge in [-0.05, 0) is 90.7 Å². The standard InChI is InChI=1S/C59H41NO2P2/c1-4-18-41(19-5-1)40-60(64-61-53-37-33-43-21-11-15-29-49(43)57(53)58-50-30-16-12-22-44(50)34-38-54(58)62-64)52-36-32-42-20-10-14-28-48(42)56(52)59-51-31-17-13-23-45(51)35-39-55(59)63(46-24-6-2-7-25-46)47-26-8-3-9-27-47/h1-39H,40H2. The first kappa shape index (κ1) is 38.3. The van der Waals surface area contributed by atoms with Crippen LogP contribution in [-0.2, 0) is 6.54 Å². The third-order valence-corrected chi connectivity index (χ3v) is 16.3. The molecule has 0 bridgehead atoms. The van der Waals surface area contributed by atoms with Crippen molar-refractivity contribution in [3.05, 3.63) is 242 Å². The lowest BCUT2D eigenvalue weighted by Gasteiger charge is -2.29. The molecule has 5 heteroatoms. The smallest absolute Gasteiger partial charge is 0.342 e. The molecule has 3 nitrogen and oxygen atoms in total. The van der Waals surface area contributed by atoms with E-state index in [2.05, 4.69) is 241 Å². The van der Waals surface area contributed by atoms with Gasteiger partial charge < -0.3 is 8.39 Å². The number of anilines is 1. The van der Waals surface area contributed by atoms with Crippen LogP contribution in [0.1, 0.15) is 5.56 Å². The number of nitrogens with zero attached hydrogens (tertiary/aromatic N) is 1. The third kappa shape index (κ3) is 6.73. The molecule has 0 N–H and O–H groups in total. The predicted octanol–water partition coefficient (Wildman–Crippen LogP) is 15.8. The average Bonchev–Trinajstić information content (AvgIpc) is 3.54. The molecule has 0 saturated carbocycles. The Morgan fingerprint density at radius 3 is 1.30 bits per heavy atom. The van der Waals surface area contributed by atoms with Crippen molar-refractivity contribution in [2.24, 2.45) is 0 Å². The second-order valence-corrected chi connectivity index (χ2v) is 19.7. The Hall–Kier alpha value is -7.41. The van der Waals surface area contributed by atoms with E-state index in [0.717, 1.165) is 60.3 Å². The molecule has 1 aromatic heterocycles. The minimum Gasteiger partial charge on any atom is -0.404 e. The maximum absolute atomic E-state index is 7.46. The molecule has 0 saturated heterocycles. The van der Waals surface area contributed by atoms with Crippen LogP contribution in [0.3, 0.4) is 0 Å². The quantitative estimate of drug-likeness (QED) is 0.143. The Morgan fingerprint density at radius 1 is 0.359 bits per heavy atom. The first-order valence-corrected chi connectivity index (χ1v) is 24.2. The van der Waals surface area contributed by atoms with Crippen LogP contribution in [0.2, 0.25) is 0 Å². The van der Waals surface area contributed by atoms with Gasteiger partial charge in [-0.3, -0.25) is 4.67 Å². The summed E-state index contributed by atoms with van der Waals surface area (Å²) in [5.74, 6) is 0. The zero-order valence-electron chi connectivity index (χ0n) is 34.9. The van der Waals surface area contributed by atoms with Crippen molar-refractivity contribution >= 4 is 103 Å². The molecule has 0 aliphatic heterocycles. The van der Waals surface area contributed by atoms with Gasteiger partial charge in [-0.1, -0.05) is 218 Å². The van der Waals surface area contributed by atoms with E-state index in [-0.39, 0.29) is 0 Å². The lowest BCUT2D eigenvalue weighted by atomic mass is 9.92. The fourth-order valence-electron chi connectivity index (χ4n) is 9.47. The molecule has 0 amide bonds. The van der Waals surface area contributed by atoms with E-state index in [0.29, 0.717) is 6.54 Å². The normalized spacial score (nSPS) is 11.6. The van der Waals surface area contributed by atoms with Crippen LogP contribution >= 0.6 is 16.1 Å². The molecule has 11 aromatic carbocycles. The van der Waals surface area contributed by atoms with Crippen molar-refractivity contribution in [2.45, 2.75) is 6.54 Å². The van der Waals surface area contributed by atoms with Crippen molar-refractivity contribution in [3.8, 4) is 11.1 Å². The average molecular weight is 858 g/mol. The molecule has 0 fully saturated rings. The van der Waals surface area contributed by atoms with Crippen LogP contribution in [0.4, 0.5) is 5.69 Å². The van der Waals surface area contributed by atoms with Gasteiger partial charge in [0.25, 0.3) is 0 Å². The zero-order chi connectivity index (χ0) is 42.4. The zero-order valence-corrected chi connectivity index (χ0v) is 36.7. The second-order valence-electron chi connectivity index (χ2n) is 16.2. The Labute approximate surface area is 373 Å². The number of rotatable bonds is 8. The van der Waals surface area contributed by atoms with E-state index in [4.69, 9.17) is 8.39 Å². The van der Waals surface area contributed by atoms with Gasteiger partial charge in [0, 0.05) is 21.9 Å². The molecule has 64 heavy (non-hydrogen) atoms. The summed E-state index contributed by atoms with van der Waals surface area (Å²) in [7, 11) is -2.82. The largest absolute Gasteiger partial charge is 0.404 e. The topological polar surface area (TPSA) is 29.5 Å². The molecule has 0 aliphatic carbocycles. The van der Waals surface area contributed by atoms with E-state index >= 15 is 0 Å².